The number of rotatable bonds is 8. The number of hydrogen-bond donors (Lipinski definition) is 1. The molecule has 0 spiro atoms. The Morgan fingerprint density at radius 2 is 1.85 bits per heavy atom. The lowest BCUT2D eigenvalue weighted by atomic mass is 10.2. The number of hydrogen-bond acceptors (Lipinski definition) is 6. The molecule has 0 saturated carbocycles. The number of aromatic nitrogens is 1. The number of nitrogens with one attached hydrogen (secondary N) is 1. The van der Waals surface area contributed by atoms with Crippen molar-refractivity contribution < 1.29 is 18.0 Å². The molecule has 7 nitrogen and oxygen atoms in total. The number of sulfonamides is 1. The third kappa shape index (κ3) is 5.00. The van der Waals surface area contributed by atoms with Crippen LogP contribution in [0.4, 0.5) is 5.13 Å². The van der Waals surface area contributed by atoms with Crippen molar-refractivity contribution >= 4 is 38.2 Å². The Kier molecular flexibility index (Phi) is 6.85. The molecule has 0 bridgehead atoms. The summed E-state index contributed by atoms with van der Waals surface area (Å²) in [5, 5.41) is 2.97. The normalized spacial score (nSPS) is 11.6. The molecule has 27 heavy (non-hydrogen) atoms. The summed E-state index contributed by atoms with van der Waals surface area (Å²) in [6.07, 6.45) is 1.69. The fraction of sp³-hybridized carbons (Fsp3) is 0.389. The molecule has 0 radical (unpaired) electrons. The van der Waals surface area contributed by atoms with E-state index in [4.69, 9.17) is 0 Å². The minimum atomic E-state index is -3.57. The van der Waals surface area contributed by atoms with Crippen LogP contribution < -0.4 is 5.32 Å². The molecule has 0 fully saturated rings. The molecule has 2 aromatic rings. The van der Waals surface area contributed by atoms with Gasteiger partial charge in [-0.2, -0.15) is 0 Å². The van der Waals surface area contributed by atoms with Gasteiger partial charge in [-0.15, -0.1) is 0 Å². The molecular weight excluding hydrogens is 386 g/mol. The predicted octanol–water partition coefficient (Wildman–Crippen LogP) is 3.33. The van der Waals surface area contributed by atoms with Crippen molar-refractivity contribution in [2.75, 3.05) is 18.9 Å². The van der Waals surface area contributed by atoms with Gasteiger partial charge in [-0.25, -0.2) is 17.7 Å². The van der Waals surface area contributed by atoms with Gasteiger partial charge in [-0.1, -0.05) is 24.7 Å². The lowest BCUT2D eigenvalue weighted by Crippen LogP contribution is -2.28. The topological polar surface area (TPSA) is 96.4 Å². The van der Waals surface area contributed by atoms with Crippen LogP contribution in [0.3, 0.4) is 0 Å². The summed E-state index contributed by atoms with van der Waals surface area (Å²) < 4.78 is 26.3. The molecule has 1 heterocycles. The highest BCUT2D eigenvalue weighted by Gasteiger charge is 2.21. The van der Waals surface area contributed by atoms with Gasteiger partial charge in [0.25, 0.3) is 5.91 Å². The van der Waals surface area contributed by atoms with Crippen LogP contribution in [0.15, 0.2) is 29.2 Å². The molecular formula is C18H23N3O4S2. The van der Waals surface area contributed by atoms with Crippen LogP contribution in [0.1, 0.15) is 52.4 Å². The number of unbranched alkanes of at least 4 members (excludes halogenated alkanes) is 1. The van der Waals surface area contributed by atoms with Gasteiger partial charge in [0.15, 0.2) is 10.9 Å². The Hall–Kier alpha value is -2.10. The lowest BCUT2D eigenvalue weighted by molar-refractivity contribution is 0.101. The van der Waals surface area contributed by atoms with Crippen molar-refractivity contribution in [2.45, 2.75) is 38.5 Å². The number of ketones is 1. The maximum Gasteiger partial charge on any atom is 0.257 e. The van der Waals surface area contributed by atoms with E-state index in [1.54, 1.807) is 14.0 Å². The van der Waals surface area contributed by atoms with Gasteiger partial charge in [-0.3, -0.25) is 14.9 Å². The second kappa shape index (κ2) is 8.73. The van der Waals surface area contributed by atoms with E-state index in [0.717, 1.165) is 24.2 Å². The zero-order valence-corrected chi connectivity index (χ0v) is 17.4. The van der Waals surface area contributed by atoms with Gasteiger partial charge >= 0.3 is 0 Å². The second-order valence-corrected chi connectivity index (χ2v) is 9.19. The van der Waals surface area contributed by atoms with Crippen LogP contribution in [-0.2, 0) is 10.0 Å². The molecule has 0 aliphatic rings. The predicted molar refractivity (Wildman–Crippen MR) is 106 cm³/mol. The summed E-state index contributed by atoms with van der Waals surface area (Å²) in [5.74, 6) is -0.519. The van der Waals surface area contributed by atoms with Crippen LogP contribution in [-0.4, -0.2) is 43.0 Å². The van der Waals surface area contributed by atoms with E-state index in [1.807, 2.05) is 6.92 Å². The van der Waals surface area contributed by atoms with Gasteiger partial charge < -0.3 is 0 Å². The lowest BCUT2D eigenvalue weighted by Gasteiger charge is -2.16. The van der Waals surface area contributed by atoms with Crippen LogP contribution in [0.5, 0.6) is 0 Å². The molecule has 0 unspecified atom stereocenters. The molecule has 2 rings (SSSR count). The first-order valence-electron chi connectivity index (χ1n) is 8.53. The minimum absolute atomic E-state index is 0.104. The SMILES string of the molecule is CCCCN(C)S(=O)(=O)c1ccc(C(=O)Nc2nc(C)c(C(C)=O)s2)cc1. The van der Waals surface area contributed by atoms with Gasteiger partial charge in [0.2, 0.25) is 10.0 Å². The van der Waals surface area contributed by atoms with Crippen molar-refractivity contribution in [3.63, 3.8) is 0 Å². The third-order valence-electron chi connectivity index (χ3n) is 3.99. The first-order chi connectivity index (χ1) is 12.7. The van der Waals surface area contributed by atoms with E-state index in [2.05, 4.69) is 10.3 Å². The first-order valence-corrected chi connectivity index (χ1v) is 10.8. The highest BCUT2D eigenvalue weighted by molar-refractivity contribution is 7.89. The van der Waals surface area contributed by atoms with E-state index >= 15 is 0 Å². The molecule has 1 aromatic carbocycles. The molecule has 9 heteroatoms. The number of Topliss-reactive ketones (excluding diaryl/α,β-unsaturated/α-hetero) is 1. The van der Waals surface area contributed by atoms with E-state index in [9.17, 15) is 18.0 Å². The Bertz CT molecular complexity index is 934. The maximum atomic E-state index is 12.5. The van der Waals surface area contributed by atoms with Gasteiger partial charge in [0.05, 0.1) is 15.5 Å². The molecule has 1 N–H and O–H groups in total. The second-order valence-electron chi connectivity index (χ2n) is 6.15. The Morgan fingerprint density at radius 3 is 2.37 bits per heavy atom. The molecule has 0 aliphatic carbocycles. The fourth-order valence-electron chi connectivity index (χ4n) is 2.40. The minimum Gasteiger partial charge on any atom is -0.298 e. The maximum absolute atomic E-state index is 12.5. The Morgan fingerprint density at radius 1 is 1.22 bits per heavy atom. The van der Waals surface area contributed by atoms with Gasteiger partial charge in [0, 0.05) is 26.1 Å². The summed E-state index contributed by atoms with van der Waals surface area (Å²) in [6.45, 7) is 5.60. The highest BCUT2D eigenvalue weighted by atomic mass is 32.2. The Labute approximate surface area is 163 Å². The van der Waals surface area contributed by atoms with E-state index in [-0.39, 0.29) is 10.7 Å². The van der Waals surface area contributed by atoms with Crippen molar-refractivity contribution in [3.8, 4) is 0 Å². The highest BCUT2D eigenvalue weighted by Crippen LogP contribution is 2.24. The number of carbonyl (C=O) groups is 2. The molecule has 0 atom stereocenters. The zero-order chi connectivity index (χ0) is 20.2. The average molecular weight is 410 g/mol. The number of aryl methyl sites for hydroxylation is 1. The molecule has 1 amide bonds. The number of thiazole rings is 1. The van der Waals surface area contributed by atoms with Crippen LogP contribution in [0.25, 0.3) is 0 Å². The van der Waals surface area contributed by atoms with E-state index in [1.165, 1.54) is 35.5 Å². The number of carbonyl (C=O) groups excluding carboxylic acids is 2. The number of nitrogens with zero attached hydrogens (tertiary/aromatic N) is 2. The van der Waals surface area contributed by atoms with E-state index in [0.29, 0.717) is 27.8 Å². The molecule has 1 aromatic heterocycles. The molecule has 0 aliphatic heterocycles. The van der Waals surface area contributed by atoms with Crippen molar-refractivity contribution in [2.24, 2.45) is 0 Å². The van der Waals surface area contributed by atoms with Crippen LogP contribution >= 0.6 is 11.3 Å². The van der Waals surface area contributed by atoms with Crippen molar-refractivity contribution in [1.82, 2.24) is 9.29 Å². The summed E-state index contributed by atoms with van der Waals surface area (Å²) in [5.41, 5.74) is 0.877. The summed E-state index contributed by atoms with van der Waals surface area (Å²) in [4.78, 5) is 28.6. The monoisotopic (exact) mass is 409 g/mol. The van der Waals surface area contributed by atoms with Crippen LogP contribution in [0.2, 0.25) is 0 Å². The first kappa shape index (κ1) is 21.2. The number of anilines is 1. The smallest absolute Gasteiger partial charge is 0.257 e. The van der Waals surface area contributed by atoms with Gasteiger partial charge in [0.1, 0.15) is 0 Å². The van der Waals surface area contributed by atoms with Gasteiger partial charge in [-0.05, 0) is 37.6 Å². The Balaban J connectivity index is 2.13. The van der Waals surface area contributed by atoms with Crippen LogP contribution in [0, 0.1) is 6.92 Å². The molecule has 0 saturated heterocycles. The van der Waals surface area contributed by atoms with Crippen molar-refractivity contribution in [3.05, 3.63) is 40.4 Å². The summed E-state index contributed by atoms with van der Waals surface area (Å²) in [6, 6.07) is 5.76. The van der Waals surface area contributed by atoms with E-state index < -0.39 is 15.9 Å². The standard InChI is InChI=1S/C18H23N3O4S2/c1-5-6-11-21(4)27(24,25)15-9-7-14(8-10-15)17(23)20-18-19-12(2)16(26-18)13(3)22/h7-10H,5-6,11H2,1-4H3,(H,19,20,23). The summed E-state index contributed by atoms with van der Waals surface area (Å²) in [7, 11) is -2.03. The molecule has 146 valence electrons. The average Bonchev–Trinajstić information content (AvgIpc) is 3.00. The number of amides is 1. The third-order valence-corrected chi connectivity index (χ3v) is 7.03. The fourth-order valence-corrected chi connectivity index (χ4v) is 4.47. The summed E-state index contributed by atoms with van der Waals surface area (Å²) >= 11 is 1.11. The zero-order valence-electron chi connectivity index (χ0n) is 15.8. The van der Waals surface area contributed by atoms with Crippen molar-refractivity contribution in [1.29, 1.82) is 0 Å². The largest absolute Gasteiger partial charge is 0.298 e. The number of benzene rings is 1. The quantitative estimate of drug-likeness (QED) is 0.675.